The number of rotatable bonds is 4. The number of amides is 2. The first-order valence-electron chi connectivity index (χ1n) is 5.53. The predicted octanol–water partition coefficient (Wildman–Crippen LogP) is 1.10. The molecule has 2 amide bonds. The summed E-state index contributed by atoms with van der Waals surface area (Å²) in [6, 6.07) is 0. The van der Waals surface area contributed by atoms with Crippen molar-refractivity contribution < 1.29 is 14.3 Å². The molecule has 0 unspecified atom stereocenters. The predicted molar refractivity (Wildman–Crippen MR) is 58.2 cm³/mol. The number of carbonyl (C=O) groups excluding carboxylic acids is 2. The minimum absolute atomic E-state index is 0.0835. The van der Waals surface area contributed by atoms with Crippen LogP contribution in [-0.4, -0.2) is 30.1 Å². The van der Waals surface area contributed by atoms with Gasteiger partial charge in [0.2, 0.25) is 11.8 Å². The fraction of sp³-hybridized carbons (Fsp3) is 0.500. The monoisotopic (exact) mass is 221 g/mol. The number of hydrogen-bond acceptors (Lipinski definition) is 3. The molecule has 0 saturated carbocycles. The van der Waals surface area contributed by atoms with Crippen molar-refractivity contribution in [2.24, 2.45) is 11.8 Å². The van der Waals surface area contributed by atoms with Crippen molar-refractivity contribution in [2.75, 3.05) is 13.3 Å². The molecule has 1 saturated heterocycles. The number of imide groups is 1. The van der Waals surface area contributed by atoms with Gasteiger partial charge in [-0.3, -0.25) is 14.5 Å². The maximum Gasteiger partial charge on any atom is 0.239 e. The van der Waals surface area contributed by atoms with Gasteiger partial charge < -0.3 is 4.74 Å². The summed E-state index contributed by atoms with van der Waals surface area (Å²) in [5, 5.41) is 0. The zero-order chi connectivity index (χ0) is 11.5. The molecule has 0 radical (unpaired) electrons. The molecule has 0 N–H and O–H groups in total. The van der Waals surface area contributed by atoms with Gasteiger partial charge in [-0.15, -0.1) is 0 Å². The van der Waals surface area contributed by atoms with Crippen LogP contribution in [-0.2, 0) is 14.3 Å². The third-order valence-corrected chi connectivity index (χ3v) is 2.81. The van der Waals surface area contributed by atoms with Crippen molar-refractivity contribution in [1.29, 1.82) is 0 Å². The Balaban J connectivity index is 2.05. The first kappa shape index (κ1) is 11.1. The molecule has 86 valence electrons. The normalized spacial score (nSPS) is 27.7. The largest absolute Gasteiger partial charge is 0.361 e. The Kier molecular flexibility index (Phi) is 3.19. The van der Waals surface area contributed by atoms with Crippen LogP contribution in [0, 0.1) is 11.8 Å². The molecule has 0 aromatic rings. The van der Waals surface area contributed by atoms with Crippen molar-refractivity contribution in [2.45, 2.75) is 13.3 Å². The van der Waals surface area contributed by atoms with E-state index in [1.165, 1.54) is 4.90 Å². The van der Waals surface area contributed by atoms with Crippen LogP contribution in [0.5, 0.6) is 0 Å². The molecule has 4 nitrogen and oxygen atoms in total. The molecular weight excluding hydrogens is 206 g/mol. The Bertz CT molecular complexity index is 329. The lowest BCUT2D eigenvalue weighted by atomic mass is 9.91. The van der Waals surface area contributed by atoms with E-state index in [4.69, 9.17) is 4.74 Å². The van der Waals surface area contributed by atoms with Crippen molar-refractivity contribution in [3.8, 4) is 0 Å². The smallest absolute Gasteiger partial charge is 0.239 e. The molecule has 1 fully saturated rings. The number of nitrogens with zero attached hydrogens (tertiary/aromatic N) is 1. The fourth-order valence-corrected chi connectivity index (χ4v) is 1.97. The molecule has 16 heavy (non-hydrogen) atoms. The van der Waals surface area contributed by atoms with Crippen LogP contribution in [0.4, 0.5) is 0 Å². The van der Waals surface area contributed by atoms with E-state index in [2.05, 4.69) is 0 Å². The topological polar surface area (TPSA) is 46.6 Å². The Hall–Kier alpha value is -1.42. The van der Waals surface area contributed by atoms with E-state index in [-0.39, 0.29) is 30.4 Å². The van der Waals surface area contributed by atoms with Gasteiger partial charge in [0.05, 0.1) is 11.8 Å². The number of allylic oxidation sites excluding steroid dienone is 2. The Morgan fingerprint density at radius 1 is 1.19 bits per heavy atom. The van der Waals surface area contributed by atoms with Gasteiger partial charge in [-0.05, 0) is 6.42 Å². The highest BCUT2D eigenvalue weighted by atomic mass is 16.5. The molecule has 0 spiro atoms. The minimum Gasteiger partial charge on any atom is -0.361 e. The summed E-state index contributed by atoms with van der Waals surface area (Å²) in [4.78, 5) is 25.0. The van der Waals surface area contributed by atoms with E-state index in [0.29, 0.717) is 6.61 Å². The molecular formula is C12H15NO3. The van der Waals surface area contributed by atoms with Gasteiger partial charge in [0.1, 0.15) is 6.73 Å². The second kappa shape index (κ2) is 4.61. The van der Waals surface area contributed by atoms with Crippen molar-refractivity contribution >= 4 is 11.8 Å². The maximum atomic E-state index is 11.9. The quantitative estimate of drug-likeness (QED) is 0.527. The summed E-state index contributed by atoms with van der Waals surface area (Å²) in [7, 11) is 0. The molecule has 0 bridgehead atoms. The van der Waals surface area contributed by atoms with E-state index >= 15 is 0 Å². The molecule has 1 heterocycles. The van der Waals surface area contributed by atoms with E-state index in [1.54, 1.807) is 12.2 Å². The van der Waals surface area contributed by atoms with Gasteiger partial charge in [-0.1, -0.05) is 31.2 Å². The molecule has 0 aromatic heterocycles. The summed E-state index contributed by atoms with van der Waals surface area (Å²) in [6.45, 7) is 2.64. The number of likely N-dealkylation sites (tertiary alicyclic amines) is 1. The average molecular weight is 221 g/mol. The van der Waals surface area contributed by atoms with Crippen LogP contribution in [0.15, 0.2) is 24.3 Å². The SMILES string of the molecule is CCCOCN1C(=O)[C@H]2C=CC=C[C@@H]2C1=O. The fourth-order valence-electron chi connectivity index (χ4n) is 1.97. The van der Waals surface area contributed by atoms with Crippen LogP contribution in [0.2, 0.25) is 0 Å². The lowest BCUT2D eigenvalue weighted by molar-refractivity contribution is -0.145. The molecule has 0 aromatic carbocycles. The highest BCUT2D eigenvalue weighted by molar-refractivity contribution is 6.07. The van der Waals surface area contributed by atoms with Gasteiger partial charge in [-0.2, -0.15) is 0 Å². The number of fused-ring (bicyclic) bond motifs is 1. The van der Waals surface area contributed by atoms with Gasteiger partial charge in [0.15, 0.2) is 0 Å². The first-order valence-corrected chi connectivity index (χ1v) is 5.53. The van der Waals surface area contributed by atoms with E-state index in [9.17, 15) is 9.59 Å². The number of carbonyl (C=O) groups is 2. The molecule has 1 aliphatic carbocycles. The third-order valence-electron chi connectivity index (χ3n) is 2.81. The summed E-state index contributed by atoms with van der Waals surface area (Å²) in [6.07, 6.45) is 8.06. The Morgan fingerprint density at radius 3 is 2.25 bits per heavy atom. The highest BCUT2D eigenvalue weighted by Crippen LogP contribution is 2.30. The van der Waals surface area contributed by atoms with Crippen molar-refractivity contribution in [1.82, 2.24) is 4.90 Å². The summed E-state index contributed by atoms with van der Waals surface area (Å²) >= 11 is 0. The lowest BCUT2D eigenvalue weighted by Gasteiger charge is -2.13. The third kappa shape index (κ3) is 1.80. The van der Waals surface area contributed by atoms with Gasteiger partial charge in [-0.25, -0.2) is 0 Å². The summed E-state index contributed by atoms with van der Waals surface area (Å²) in [5.41, 5.74) is 0. The second-order valence-corrected chi connectivity index (χ2v) is 3.96. The lowest BCUT2D eigenvalue weighted by Crippen LogP contribution is -2.33. The minimum atomic E-state index is -0.317. The Morgan fingerprint density at radius 2 is 1.75 bits per heavy atom. The van der Waals surface area contributed by atoms with E-state index in [1.807, 2.05) is 19.1 Å². The molecule has 2 atom stereocenters. The molecule has 1 aliphatic heterocycles. The first-order chi connectivity index (χ1) is 7.75. The maximum absolute atomic E-state index is 11.9. The highest BCUT2D eigenvalue weighted by Gasteiger charge is 2.45. The summed E-state index contributed by atoms with van der Waals surface area (Å²) < 4.78 is 5.25. The molecule has 2 rings (SSSR count). The van der Waals surface area contributed by atoms with Crippen molar-refractivity contribution in [3.63, 3.8) is 0 Å². The molecule has 4 heteroatoms. The van der Waals surface area contributed by atoms with Crippen molar-refractivity contribution in [3.05, 3.63) is 24.3 Å². The number of ether oxygens (including phenoxy) is 1. The second-order valence-electron chi connectivity index (χ2n) is 3.96. The van der Waals surface area contributed by atoms with Crippen LogP contribution in [0.3, 0.4) is 0 Å². The average Bonchev–Trinajstić information content (AvgIpc) is 2.55. The van der Waals surface area contributed by atoms with E-state index in [0.717, 1.165) is 6.42 Å². The zero-order valence-electron chi connectivity index (χ0n) is 9.26. The van der Waals surface area contributed by atoms with Crippen LogP contribution >= 0.6 is 0 Å². The summed E-state index contributed by atoms with van der Waals surface area (Å²) in [5.74, 6) is -0.927. The van der Waals surface area contributed by atoms with Crippen LogP contribution < -0.4 is 0 Å². The Labute approximate surface area is 94.6 Å². The number of hydrogen-bond donors (Lipinski definition) is 0. The van der Waals surface area contributed by atoms with E-state index < -0.39 is 0 Å². The van der Waals surface area contributed by atoms with Crippen LogP contribution in [0.1, 0.15) is 13.3 Å². The standard InChI is InChI=1S/C12H15NO3/c1-2-7-16-8-13-11(14)9-5-3-4-6-10(9)12(13)15/h3-6,9-10H,2,7-8H2,1H3/t9-,10-/m0/s1. The zero-order valence-corrected chi connectivity index (χ0v) is 9.26. The van der Waals surface area contributed by atoms with Crippen LogP contribution in [0.25, 0.3) is 0 Å². The molecule has 2 aliphatic rings. The van der Waals surface area contributed by atoms with Gasteiger partial charge in [0.25, 0.3) is 0 Å². The van der Waals surface area contributed by atoms with Gasteiger partial charge >= 0.3 is 0 Å². The van der Waals surface area contributed by atoms with Gasteiger partial charge in [0, 0.05) is 6.61 Å².